The van der Waals surface area contributed by atoms with Crippen molar-refractivity contribution in [3.63, 3.8) is 0 Å². The first-order chi connectivity index (χ1) is 16.7. The fourth-order valence-corrected chi connectivity index (χ4v) is 6.22. The van der Waals surface area contributed by atoms with Crippen LogP contribution >= 0.6 is 23.6 Å². The van der Waals surface area contributed by atoms with E-state index in [1.807, 2.05) is 35.7 Å². The van der Waals surface area contributed by atoms with Crippen LogP contribution in [0.4, 0.5) is 11.4 Å². The van der Waals surface area contributed by atoms with Crippen molar-refractivity contribution in [1.29, 1.82) is 0 Å². The van der Waals surface area contributed by atoms with Gasteiger partial charge in [0.2, 0.25) is 10.0 Å². The van der Waals surface area contributed by atoms with Crippen molar-refractivity contribution >= 4 is 50.1 Å². The zero-order valence-corrected chi connectivity index (χ0v) is 21.8. The number of nitrogens with zero attached hydrogens (tertiary/aromatic N) is 4. The third kappa shape index (κ3) is 4.54. The maximum atomic E-state index is 11.6. The standard InChI is InChI=1S/C24H24N6O2S3/c1-15-14-19(16(2)29(15)24-26-12-13-34-24)22-21(20-6-4-5-11-25-20)27-23(33)30(22)18-9-7-17(8-10-18)28-35(3,31)32/h4-14,21-22,28H,1-3H3,(H,27,33). The number of thiazole rings is 1. The van der Waals surface area contributed by atoms with Crippen LogP contribution in [-0.2, 0) is 10.0 Å². The van der Waals surface area contributed by atoms with E-state index >= 15 is 0 Å². The molecule has 4 aromatic rings. The molecule has 1 fully saturated rings. The third-order valence-electron chi connectivity index (χ3n) is 5.95. The number of anilines is 2. The molecule has 3 aromatic heterocycles. The number of rotatable bonds is 6. The lowest BCUT2D eigenvalue weighted by Crippen LogP contribution is -2.29. The van der Waals surface area contributed by atoms with Gasteiger partial charge in [-0.2, -0.15) is 0 Å². The number of aromatic nitrogens is 3. The molecule has 4 heterocycles. The van der Waals surface area contributed by atoms with Crippen LogP contribution in [-0.4, -0.2) is 34.3 Å². The molecule has 5 rings (SSSR count). The molecule has 8 nitrogen and oxygen atoms in total. The van der Waals surface area contributed by atoms with Crippen LogP contribution in [0, 0.1) is 13.8 Å². The van der Waals surface area contributed by atoms with Gasteiger partial charge in [-0.25, -0.2) is 13.4 Å². The second-order valence-corrected chi connectivity index (χ2v) is 11.4. The Morgan fingerprint density at radius 2 is 1.86 bits per heavy atom. The summed E-state index contributed by atoms with van der Waals surface area (Å²) in [4.78, 5) is 11.2. The molecule has 1 aliphatic heterocycles. The lowest BCUT2D eigenvalue weighted by molar-refractivity contribution is 0.565. The zero-order chi connectivity index (χ0) is 24.7. The van der Waals surface area contributed by atoms with E-state index in [1.165, 1.54) is 0 Å². The molecule has 2 atom stereocenters. The second kappa shape index (κ2) is 9.06. The number of hydrogen-bond acceptors (Lipinski definition) is 6. The highest BCUT2D eigenvalue weighted by atomic mass is 32.2. The number of benzene rings is 1. The Morgan fingerprint density at radius 3 is 2.49 bits per heavy atom. The molecule has 180 valence electrons. The smallest absolute Gasteiger partial charge is 0.229 e. The molecule has 0 saturated carbocycles. The first-order valence-corrected chi connectivity index (χ1v) is 14.1. The Balaban J connectivity index is 1.62. The van der Waals surface area contributed by atoms with Gasteiger partial charge < -0.3 is 10.2 Å². The molecule has 0 spiro atoms. The molecule has 1 aromatic carbocycles. The van der Waals surface area contributed by atoms with E-state index in [2.05, 4.69) is 49.4 Å². The number of pyridine rings is 1. The summed E-state index contributed by atoms with van der Waals surface area (Å²) in [6.45, 7) is 4.17. The predicted octanol–water partition coefficient (Wildman–Crippen LogP) is 4.49. The van der Waals surface area contributed by atoms with Gasteiger partial charge in [-0.3, -0.25) is 14.3 Å². The lowest BCUT2D eigenvalue weighted by atomic mass is 9.96. The van der Waals surface area contributed by atoms with Crippen molar-refractivity contribution in [3.8, 4) is 5.13 Å². The Hall–Kier alpha value is -3.28. The van der Waals surface area contributed by atoms with E-state index in [0.717, 1.165) is 39.7 Å². The van der Waals surface area contributed by atoms with Crippen LogP contribution in [0.2, 0.25) is 0 Å². The van der Waals surface area contributed by atoms with Crippen LogP contribution in [0.15, 0.2) is 66.3 Å². The molecule has 35 heavy (non-hydrogen) atoms. The van der Waals surface area contributed by atoms with Gasteiger partial charge in [-0.1, -0.05) is 6.07 Å². The van der Waals surface area contributed by atoms with Crippen molar-refractivity contribution in [2.24, 2.45) is 0 Å². The monoisotopic (exact) mass is 524 g/mol. The summed E-state index contributed by atoms with van der Waals surface area (Å²) in [7, 11) is -3.37. The van der Waals surface area contributed by atoms with Crippen molar-refractivity contribution in [2.75, 3.05) is 15.9 Å². The maximum Gasteiger partial charge on any atom is 0.229 e. The van der Waals surface area contributed by atoms with Crippen molar-refractivity contribution in [3.05, 3.63) is 88.9 Å². The highest BCUT2D eigenvalue weighted by Gasteiger charge is 2.42. The first kappa shape index (κ1) is 23.5. The topological polar surface area (TPSA) is 92.2 Å². The van der Waals surface area contributed by atoms with E-state index in [9.17, 15) is 8.42 Å². The van der Waals surface area contributed by atoms with Gasteiger partial charge >= 0.3 is 0 Å². The summed E-state index contributed by atoms with van der Waals surface area (Å²) in [6.07, 6.45) is 4.72. The van der Waals surface area contributed by atoms with Crippen LogP contribution in [0.1, 0.15) is 34.7 Å². The molecule has 11 heteroatoms. The third-order valence-corrected chi connectivity index (χ3v) is 7.62. The first-order valence-electron chi connectivity index (χ1n) is 10.9. The SMILES string of the molecule is Cc1cc(C2C(c3ccccn3)NC(=S)N2c2ccc(NS(C)(=O)=O)cc2)c(C)n1-c1nccs1. The number of hydrogen-bond donors (Lipinski definition) is 2. The predicted molar refractivity (Wildman–Crippen MR) is 144 cm³/mol. The Morgan fingerprint density at radius 1 is 1.09 bits per heavy atom. The van der Waals surface area contributed by atoms with E-state index < -0.39 is 10.0 Å². The summed E-state index contributed by atoms with van der Waals surface area (Å²) in [5.74, 6) is 0. The highest BCUT2D eigenvalue weighted by molar-refractivity contribution is 7.92. The number of nitrogens with one attached hydrogen (secondary N) is 2. The lowest BCUT2D eigenvalue weighted by Gasteiger charge is -2.28. The minimum absolute atomic E-state index is 0.175. The summed E-state index contributed by atoms with van der Waals surface area (Å²) in [5, 5.41) is 6.93. The average molecular weight is 525 g/mol. The summed E-state index contributed by atoms with van der Waals surface area (Å²) in [5.41, 5.74) is 5.50. The largest absolute Gasteiger partial charge is 0.351 e. The second-order valence-electron chi connectivity index (χ2n) is 8.39. The molecular formula is C24H24N6O2S3. The van der Waals surface area contributed by atoms with E-state index in [4.69, 9.17) is 12.2 Å². The fraction of sp³-hybridized carbons (Fsp3) is 0.208. The highest BCUT2D eigenvalue weighted by Crippen LogP contribution is 2.44. The van der Waals surface area contributed by atoms with Crippen molar-refractivity contribution in [2.45, 2.75) is 25.9 Å². The maximum absolute atomic E-state index is 11.6. The Labute approximate surface area is 213 Å². The minimum Gasteiger partial charge on any atom is -0.351 e. The quantitative estimate of drug-likeness (QED) is 0.359. The molecule has 2 unspecified atom stereocenters. The minimum atomic E-state index is -3.37. The molecule has 2 N–H and O–H groups in total. The fourth-order valence-electron chi connectivity index (χ4n) is 4.56. The van der Waals surface area contributed by atoms with Crippen LogP contribution in [0.3, 0.4) is 0 Å². The van der Waals surface area contributed by atoms with E-state index in [-0.39, 0.29) is 12.1 Å². The summed E-state index contributed by atoms with van der Waals surface area (Å²) >= 11 is 7.41. The van der Waals surface area contributed by atoms with Crippen molar-refractivity contribution < 1.29 is 8.42 Å². The van der Waals surface area contributed by atoms with Gasteiger partial charge in [-0.05, 0) is 74.1 Å². The average Bonchev–Trinajstić information content (AvgIpc) is 3.52. The molecule has 1 aliphatic rings. The molecule has 0 radical (unpaired) electrons. The van der Waals surface area contributed by atoms with Crippen LogP contribution in [0.5, 0.6) is 0 Å². The number of sulfonamides is 1. The van der Waals surface area contributed by atoms with Gasteiger partial charge in [0, 0.05) is 40.5 Å². The van der Waals surface area contributed by atoms with Gasteiger partial charge in [0.15, 0.2) is 10.2 Å². The zero-order valence-electron chi connectivity index (χ0n) is 19.3. The van der Waals surface area contributed by atoms with Gasteiger partial charge in [0.25, 0.3) is 0 Å². The number of thiocarbonyl (C=S) groups is 1. The van der Waals surface area contributed by atoms with Crippen molar-refractivity contribution in [1.82, 2.24) is 19.9 Å². The van der Waals surface area contributed by atoms with Crippen LogP contribution in [0.25, 0.3) is 5.13 Å². The molecular weight excluding hydrogens is 501 g/mol. The Kier molecular flexibility index (Phi) is 6.07. The van der Waals surface area contributed by atoms with Gasteiger partial charge in [0.05, 0.1) is 24.0 Å². The van der Waals surface area contributed by atoms with Gasteiger partial charge in [0.1, 0.15) is 0 Å². The normalized spacial score (nSPS) is 18.0. The molecule has 0 bridgehead atoms. The van der Waals surface area contributed by atoms with Gasteiger partial charge in [-0.15, -0.1) is 11.3 Å². The van der Waals surface area contributed by atoms with E-state index in [1.54, 1.807) is 35.9 Å². The summed E-state index contributed by atoms with van der Waals surface area (Å²) in [6, 6.07) is 14.9. The molecule has 1 saturated heterocycles. The number of aryl methyl sites for hydroxylation is 1. The van der Waals surface area contributed by atoms with Crippen LogP contribution < -0.4 is 14.9 Å². The van der Waals surface area contributed by atoms with E-state index in [0.29, 0.717) is 10.8 Å². The molecule has 0 aliphatic carbocycles. The summed E-state index contributed by atoms with van der Waals surface area (Å²) < 4.78 is 27.9. The molecule has 0 amide bonds. The Bertz CT molecular complexity index is 1470.